The summed E-state index contributed by atoms with van der Waals surface area (Å²) in [5.41, 5.74) is 1.25. The van der Waals surface area contributed by atoms with Crippen molar-refractivity contribution in [1.82, 2.24) is 5.32 Å². The van der Waals surface area contributed by atoms with Crippen LogP contribution in [0, 0.1) is 5.92 Å². The van der Waals surface area contributed by atoms with Crippen molar-refractivity contribution in [3.8, 4) is 5.75 Å². The first-order valence-corrected chi connectivity index (χ1v) is 8.68. The van der Waals surface area contributed by atoms with Crippen LogP contribution in [0.25, 0.3) is 0 Å². The molecule has 1 aliphatic rings. The number of hydrogen-bond acceptors (Lipinski definition) is 2. The molecule has 2 atom stereocenters. The fraction of sp³-hybridized carbons (Fsp3) is 0.667. The summed E-state index contributed by atoms with van der Waals surface area (Å²) in [6.45, 7) is 3.35. The van der Waals surface area contributed by atoms with Crippen molar-refractivity contribution in [1.29, 1.82) is 0 Å². The van der Waals surface area contributed by atoms with Crippen molar-refractivity contribution >= 4 is 11.6 Å². The molecule has 0 aliphatic heterocycles. The quantitative estimate of drug-likeness (QED) is 0.759. The van der Waals surface area contributed by atoms with Gasteiger partial charge in [0.25, 0.3) is 0 Å². The van der Waals surface area contributed by atoms with Gasteiger partial charge < -0.3 is 10.1 Å². The minimum absolute atomic E-state index is 0.635. The van der Waals surface area contributed by atoms with E-state index in [0.29, 0.717) is 12.0 Å². The molecule has 1 aromatic rings. The van der Waals surface area contributed by atoms with Crippen LogP contribution in [0.15, 0.2) is 18.2 Å². The predicted molar refractivity (Wildman–Crippen MR) is 90.4 cm³/mol. The minimum Gasteiger partial charge on any atom is -0.496 e. The van der Waals surface area contributed by atoms with Crippen LogP contribution in [0.2, 0.25) is 5.02 Å². The molecular weight excluding hydrogens is 282 g/mol. The Morgan fingerprint density at radius 2 is 2.05 bits per heavy atom. The molecular formula is C18H28ClNO. The normalized spacial score (nSPS) is 22.8. The highest BCUT2D eigenvalue weighted by Crippen LogP contribution is 2.31. The van der Waals surface area contributed by atoms with Gasteiger partial charge in [0.05, 0.1) is 7.11 Å². The van der Waals surface area contributed by atoms with Crippen LogP contribution in [0.4, 0.5) is 0 Å². The fourth-order valence-corrected chi connectivity index (χ4v) is 3.61. The zero-order valence-electron chi connectivity index (χ0n) is 13.3. The first-order chi connectivity index (χ1) is 10.2. The molecule has 21 heavy (non-hydrogen) atoms. The molecule has 0 bridgehead atoms. The summed E-state index contributed by atoms with van der Waals surface area (Å²) in [6.07, 6.45) is 8.93. The molecule has 1 saturated carbocycles. The Morgan fingerprint density at radius 1 is 1.24 bits per heavy atom. The van der Waals surface area contributed by atoms with Gasteiger partial charge in [-0.3, -0.25) is 0 Å². The molecule has 0 aromatic heterocycles. The first-order valence-electron chi connectivity index (χ1n) is 8.30. The molecule has 2 rings (SSSR count). The highest BCUT2D eigenvalue weighted by atomic mass is 35.5. The number of halogens is 1. The van der Waals surface area contributed by atoms with Crippen molar-refractivity contribution in [3.63, 3.8) is 0 Å². The van der Waals surface area contributed by atoms with E-state index in [4.69, 9.17) is 16.3 Å². The highest BCUT2D eigenvalue weighted by molar-refractivity contribution is 6.30. The predicted octanol–water partition coefficient (Wildman–Crippen LogP) is 4.84. The monoisotopic (exact) mass is 309 g/mol. The third kappa shape index (κ3) is 4.89. The Balaban J connectivity index is 2.11. The maximum atomic E-state index is 6.17. The van der Waals surface area contributed by atoms with Gasteiger partial charge in [-0.25, -0.2) is 0 Å². The van der Waals surface area contributed by atoms with Gasteiger partial charge in [0.1, 0.15) is 5.75 Å². The number of benzene rings is 1. The van der Waals surface area contributed by atoms with Gasteiger partial charge in [0, 0.05) is 11.1 Å². The minimum atomic E-state index is 0.635. The summed E-state index contributed by atoms with van der Waals surface area (Å²) in [5, 5.41) is 4.56. The SMILES string of the molecule is CCCNC1CCCCCC1Cc1cc(Cl)ccc1OC. The number of rotatable bonds is 6. The van der Waals surface area contributed by atoms with Gasteiger partial charge in [-0.2, -0.15) is 0 Å². The Bertz CT molecular complexity index is 435. The maximum Gasteiger partial charge on any atom is 0.122 e. The first kappa shape index (κ1) is 16.6. The third-order valence-electron chi connectivity index (χ3n) is 4.54. The second-order valence-corrected chi connectivity index (χ2v) is 6.56. The number of hydrogen-bond donors (Lipinski definition) is 1. The van der Waals surface area contributed by atoms with Crippen molar-refractivity contribution in [2.75, 3.05) is 13.7 Å². The molecule has 3 heteroatoms. The zero-order chi connectivity index (χ0) is 15.1. The van der Waals surface area contributed by atoms with Gasteiger partial charge in [0.15, 0.2) is 0 Å². The van der Waals surface area contributed by atoms with E-state index in [-0.39, 0.29) is 0 Å². The third-order valence-corrected chi connectivity index (χ3v) is 4.78. The van der Waals surface area contributed by atoms with Crippen LogP contribution in [-0.2, 0) is 6.42 Å². The van der Waals surface area contributed by atoms with Crippen LogP contribution in [0.3, 0.4) is 0 Å². The van der Waals surface area contributed by atoms with E-state index in [2.05, 4.69) is 18.3 Å². The van der Waals surface area contributed by atoms with Gasteiger partial charge in [-0.1, -0.05) is 37.8 Å². The van der Waals surface area contributed by atoms with Crippen LogP contribution >= 0.6 is 11.6 Å². The lowest BCUT2D eigenvalue weighted by atomic mass is 9.88. The van der Waals surface area contributed by atoms with E-state index in [1.54, 1.807) is 7.11 Å². The van der Waals surface area contributed by atoms with Gasteiger partial charge in [-0.15, -0.1) is 0 Å². The molecule has 2 nitrogen and oxygen atoms in total. The van der Waals surface area contributed by atoms with Gasteiger partial charge >= 0.3 is 0 Å². The topological polar surface area (TPSA) is 21.3 Å². The maximum absolute atomic E-state index is 6.17. The van der Waals surface area contributed by atoms with E-state index in [0.717, 1.165) is 23.7 Å². The Hall–Kier alpha value is -0.730. The second-order valence-electron chi connectivity index (χ2n) is 6.12. The summed E-state index contributed by atoms with van der Waals surface area (Å²) in [7, 11) is 1.74. The number of methoxy groups -OCH3 is 1. The summed E-state index contributed by atoms with van der Waals surface area (Å²) in [4.78, 5) is 0. The Morgan fingerprint density at radius 3 is 2.81 bits per heavy atom. The lowest BCUT2D eigenvalue weighted by Gasteiger charge is -2.27. The average molecular weight is 310 g/mol. The average Bonchev–Trinajstić information content (AvgIpc) is 2.71. The summed E-state index contributed by atoms with van der Waals surface area (Å²) >= 11 is 6.17. The molecule has 1 N–H and O–H groups in total. The Labute approximate surface area is 134 Å². The lowest BCUT2D eigenvalue weighted by Crippen LogP contribution is -2.37. The van der Waals surface area contributed by atoms with Crippen molar-refractivity contribution in [3.05, 3.63) is 28.8 Å². The smallest absolute Gasteiger partial charge is 0.122 e. The van der Waals surface area contributed by atoms with Crippen LogP contribution in [0.1, 0.15) is 51.0 Å². The molecule has 0 saturated heterocycles. The molecule has 1 aromatic carbocycles. The molecule has 1 fully saturated rings. The van der Waals surface area contributed by atoms with Gasteiger partial charge in [0.2, 0.25) is 0 Å². The lowest BCUT2D eigenvalue weighted by molar-refractivity contribution is 0.327. The standard InChI is InChI=1S/C18H28ClNO/c1-3-11-20-17-8-6-4-5-7-14(17)12-15-13-16(19)9-10-18(15)21-2/h9-10,13-14,17,20H,3-8,11-12H2,1-2H3. The molecule has 118 valence electrons. The summed E-state index contributed by atoms with van der Waals surface area (Å²) < 4.78 is 5.51. The van der Waals surface area contributed by atoms with Crippen LogP contribution in [0.5, 0.6) is 5.75 Å². The summed E-state index contributed by atoms with van der Waals surface area (Å²) in [5.74, 6) is 1.66. The fourth-order valence-electron chi connectivity index (χ4n) is 3.42. The van der Waals surface area contributed by atoms with E-state index in [9.17, 15) is 0 Å². The van der Waals surface area contributed by atoms with Crippen molar-refractivity contribution in [2.45, 2.75) is 57.9 Å². The zero-order valence-corrected chi connectivity index (χ0v) is 14.1. The van der Waals surface area contributed by atoms with Crippen molar-refractivity contribution < 1.29 is 4.74 Å². The molecule has 1 aliphatic carbocycles. The summed E-state index contributed by atoms with van der Waals surface area (Å²) in [6, 6.07) is 6.60. The largest absolute Gasteiger partial charge is 0.496 e. The highest BCUT2D eigenvalue weighted by Gasteiger charge is 2.24. The van der Waals surface area contributed by atoms with E-state index < -0.39 is 0 Å². The van der Waals surface area contributed by atoms with Crippen LogP contribution in [-0.4, -0.2) is 19.7 Å². The van der Waals surface area contributed by atoms with Gasteiger partial charge in [-0.05, 0) is 61.9 Å². The van der Waals surface area contributed by atoms with Crippen LogP contribution < -0.4 is 10.1 Å². The van der Waals surface area contributed by atoms with E-state index in [1.807, 2.05) is 12.1 Å². The number of ether oxygens (including phenoxy) is 1. The molecule has 0 radical (unpaired) electrons. The van der Waals surface area contributed by atoms with Crippen molar-refractivity contribution in [2.24, 2.45) is 5.92 Å². The Kier molecular flexibility index (Phi) is 6.85. The molecule has 2 unspecified atom stereocenters. The molecule has 0 heterocycles. The van der Waals surface area contributed by atoms with E-state index >= 15 is 0 Å². The number of nitrogens with one attached hydrogen (secondary N) is 1. The second kappa shape index (κ2) is 8.65. The van der Waals surface area contributed by atoms with E-state index in [1.165, 1.54) is 44.1 Å². The molecule has 0 spiro atoms. The molecule has 0 amide bonds.